The van der Waals surface area contributed by atoms with E-state index >= 15 is 0 Å². The predicted octanol–water partition coefficient (Wildman–Crippen LogP) is 2.09. The molecule has 0 aliphatic heterocycles. The zero-order chi connectivity index (χ0) is 9.42. The maximum atomic E-state index is 2.36. The van der Waals surface area contributed by atoms with E-state index in [-0.39, 0.29) is 0 Å². The van der Waals surface area contributed by atoms with Gasteiger partial charge in [-0.25, -0.2) is 0 Å². The average molecular weight is 225 g/mol. The molecule has 0 heterocycles. The van der Waals surface area contributed by atoms with Gasteiger partial charge in [0.25, 0.3) is 0 Å². The summed E-state index contributed by atoms with van der Waals surface area (Å²) in [6, 6.07) is 1.45. The molecule has 69 valence electrons. The normalized spacial score (nSPS) is 28.5. The molecule has 1 atom stereocenters. The number of hydrogen-bond acceptors (Lipinski definition) is 0. The minimum absolute atomic E-state index is 0.877. The van der Waals surface area contributed by atoms with E-state index in [2.05, 4.69) is 27.4 Å². The molecule has 0 aromatic rings. The molecule has 2 rings (SSSR count). The Hall–Kier alpha value is 0.411. The van der Waals surface area contributed by atoms with Crippen molar-refractivity contribution in [1.29, 1.82) is 0 Å². The van der Waals surface area contributed by atoms with Gasteiger partial charge in [0.05, 0.1) is 0 Å². The third-order valence-electron chi connectivity index (χ3n) is 3.54. The van der Waals surface area contributed by atoms with Crippen LogP contribution in [0.1, 0.15) is 32.6 Å². The molecule has 0 fully saturated rings. The Morgan fingerprint density at radius 2 is 2.08 bits per heavy atom. The topological polar surface area (TPSA) is 0 Å². The van der Waals surface area contributed by atoms with E-state index in [1.807, 2.05) is 5.57 Å². The fraction of sp³-hybridized carbons (Fsp3) is 0.636. The molecule has 2 aliphatic carbocycles. The van der Waals surface area contributed by atoms with E-state index in [0.717, 1.165) is 5.92 Å². The van der Waals surface area contributed by atoms with Crippen LogP contribution in [0.3, 0.4) is 0 Å². The first-order valence-electron chi connectivity index (χ1n) is 5.40. The Morgan fingerprint density at radius 3 is 2.77 bits per heavy atom. The van der Waals surface area contributed by atoms with Crippen LogP contribution in [0.4, 0.5) is 0 Å². The van der Waals surface area contributed by atoms with Gasteiger partial charge in [-0.2, -0.15) is 0 Å². The molecule has 0 nitrogen and oxygen atoms in total. The molecule has 0 aromatic carbocycles. The molecule has 2 heteroatoms. The van der Waals surface area contributed by atoms with Gasteiger partial charge < -0.3 is 0 Å². The summed E-state index contributed by atoms with van der Waals surface area (Å²) in [6.07, 6.45) is 5.64. The Morgan fingerprint density at radius 1 is 1.38 bits per heavy atom. The quantitative estimate of drug-likeness (QED) is 0.599. The second-order valence-electron chi connectivity index (χ2n) is 4.21. The Labute approximate surface area is 95.7 Å². The van der Waals surface area contributed by atoms with Crippen LogP contribution >= 0.6 is 0 Å². The molecule has 0 saturated heterocycles. The Kier molecular flexibility index (Phi) is 2.97. The van der Waals surface area contributed by atoms with Crippen molar-refractivity contribution >= 4 is 10.2 Å². The van der Waals surface area contributed by atoms with Crippen molar-refractivity contribution in [3.05, 3.63) is 20.6 Å². The number of rotatable bonds is 1. The van der Waals surface area contributed by atoms with Gasteiger partial charge in [0.2, 0.25) is 0 Å². The Balaban J connectivity index is 2.37. The zero-order valence-corrected chi connectivity index (χ0v) is 12.2. The van der Waals surface area contributed by atoms with E-state index in [9.17, 15) is 0 Å². The summed E-state index contributed by atoms with van der Waals surface area (Å²) in [5.74, 6) is 0.877. The summed E-state index contributed by atoms with van der Waals surface area (Å²) in [6.45, 7) is 2.34. The summed E-state index contributed by atoms with van der Waals surface area (Å²) in [7, 11) is 1.35. The van der Waals surface area contributed by atoms with Crippen molar-refractivity contribution in [3.63, 3.8) is 0 Å². The second-order valence-corrected chi connectivity index (χ2v) is 5.87. The van der Waals surface area contributed by atoms with E-state index in [1.165, 1.54) is 42.0 Å². The standard InChI is InChI=1S/C11H17Si.Ti/c1-8-6-9(7-12)11-5-3-2-4-10(8)11;/h9H,2-5,7H2,1,12H3;. The van der Waals surface area contributed by atoms with E-state index in [0.29, 0.717) is 0 Å². The predicted molar refractivity (Wildman–Crippen MR) is 56.4 cm³/mol. The van der Waals surface area contributed by atoms with Gasteiger partial charge >= 0.3 is 95.8 Å². The van der Waals surface area contributed by atoms with Crippen LogP contribution in [-0.4, -0.2) is 10.2 Å². The molecule has 0 bridgehead atoms. The van der Waals surface area contributed by atoms with E-state index in [1.54, 1.807) is 15.0 Å². The third-order valence-corrected chi connectivity index (χ3v) is 5.49. The van der Waals surface area contributed by atoms with Gasteiger partial charge in [-0.15, -0.1) is 0 Å². The molecule has 0 N–H and O–H groups in total. The molecule has 0 amide bonds. The molecule has 0 radical (unpaired) electrons. The molecule has 1 unspecified atom stereocenters. The Bertz CT molecular complexity index is 288. The van der Waals surface area contributed by atoms with Crippen molar-refractivity contribution in [2.45, 2.75) is 38.7 Å². The summed E-state index contributed by atoms with van der Waals surface area (Å²) in [5, 5.41) is 0. The van der Waals surface area contributed by atoms with Gasteiger partial charge in [-0.05, 0) is 0 Å². The van der Waals surface area contributed by atoms with Gasteiger partial charge in [-0.3, -0.25) is 0 Å². The second kappa shape index (κ2) is 3.88. The van der Waals surface area contributed by atoms with Crippen LogP contribution in [0, 0.1) is 5.92 Å². The summed E-state index contributed by atoms with van der Waals surface area (Å²) in [4.78, 5) is 0. The van der Waals surface area contributed by atoms with Crippen LogP contribution in [0.5, 0.6) is 0 Å². The molecule has 0 spiro atoms. The fourth-order valence-electron chi connectivity index (χ4n) is 2.79. The van der Waals surface area contributed by atoms with Gasteiger partial charge in [-0.1, -0.05) is 0 Å². The maximum absolute atomic E-state index is 2.36. The van der Waals surface area contributed by atoms with Crippen LogP contribution in [0.15, 0.2) is 20.6 Å². The van der Waals surface area contributed by atoms with Gasteiger partial charge in [0.1, 0.15) is 0 Å². The first kappa shape index (κ1) is 9.95. The summed E-state index contributed by atoms with van der Waals surface area (Å²) in [5.41, 5.74) is 5.23. The van der Waals surface area contributed by atoms with Crippen molar-refractivity contribution < 1.29 is 20.4 Å². The van der Waals surface area contributed by atoms with Gasteiger partial charge in [0, 0.05) is 0 Å². The summed E-state index contributed by atoms with van der Waals surface area (Å²) < 4.78 is 1.70. The first-order chi connectivity index (χ1) is 6.25. The SMILES string of the molecule is CC1=[C]([Ti])C(C[SiH3])C2=C1CCCC2. The van der Waals surface area contributed by atoms with Crippen LogP contribution in [0.25, 0.3) is 0 Å². The van der Waals surface area contributed by atoms with E-state index < -0.39 is 0 Å². The molecule has 0 saturated carbocycles. The van der Waals surface area contributed by atoms with Crippen LogP contribution in [-0.2, 0) is 20.4 Å². The number of hydrogen-bond donors (Lipinski definition) is 0. The zero-order valence-electron chi connectivity index (χ0n) is 8.61. The van der Waals surface area contributed by atoms with Gasteiger partial charge in [0.15, 0.2) is 0 Å². The minimum atomic E-state index is 0.877. The molecule has 13 heavy (non-hydrogen) atoms. The fourth-order valence-corrected chi connectivity index (χ4v) is 5.16. The molecular formula is C11H17SiTi. The third kappa shape index (κ3) is 1.56. The van der Waals surface area contributed by atoms with Crippen molar-refractivity contribution in [2.75, 3.05) is 0 Å². The van der Waals surface area contributed by atoms with Crippen molar-refractivity contribution in [2.24, 2.45) is 5.92 Å². The molecule has 0 aromatic heterocycles. The van der Waals surface area contributed by atoms with Crippen LogP contribution in [0.2, 0.25) is 6.04 Å². The van der Waals surface area contributed by atoms with Crippen LogP contribution < -0.4 is 0 Å². The monoisotopic (exact) mass is 225 g/mol. The van der Waals surface area contributed by atoms with Crippen molar-refractivity contribution in [1.82, 2.24) is 0 Å². The summed E-state index contributed by atoms with van der Waals surface area (Å²) >= 11 is 2.36. The van der Waals surface area contributed by atoms with Crippen molar-refractivity contribution in [3.8, 4) is 0 Å². The average Bonchev–Trinajstić information content (AvgIpc) is 2.41. The molecule has 2 aliphatic rings. The molecular weight excluding hydrogens is 208 g/mol. The first-order valence-corrected chi connectivity index (χ1v) is 7.59. The number of allylic oxidation sites excluding steroid dienone is 4. The van der Waals surface area contributed by atoms with E-state index in [4.69, 9.17) is 0 Å².